The van der Waals surface area contributed by atoms with E-state index in [0.717, 1.165) is 44.8 Å². The molecule has 3 rings (SSSR count). The minimum Gasteiger partial charge on any atom is -0.343 e. The van der Waals surface area contributed by atoms with Crippen molar-refractivity contribution in [1.29, 1.82) is 0 Å². The molecular weight excluding hydrogens is 332 g/mol. The van der Waals surface area contributed by atoms with Crippen molar-refractivity contribution < 1.29 is 4.79 Å². The van der Waals surface area contributed by atoms with E-state index in [4.69, 9.17) is 0 Å². The van der Waals surface area contributed by atoms with Crippen molar-refractivity contribution in [3.05, 3.63) is 48.0 Å². The number of fused-ring (bicyclic) bond motifs is 1. The van der Waals surface area contributed by atoms with E-state index >= 15 is 0 Å². The highest BCUT2D eigenvalue weighted by atomic mass is 35.5. The molecule has 3 nitrogen and oxygen atoms in total. The Morgan fingerprint density at radius 2 is 1.84 bits per heavy atom. The smallest absolute Gasteiger partial charge is 0.222 e. The SMILES string of the molecule is CNCCC1CCN(C(=O)CCc2ccc3ccccc3c2)CC1.Cl. The molecule has 136 valence electrons. The monoisotopic (exact) mass is 360 g/mol. The summed E-state index contributed by atoms with van der Waals surface area (Å²) in [5.74, 6) is 1.09. The van der Waals surface area contributed by atoms with Crippen LogP contribution in [0, 0.1) is 5.92 Å². The Hall–Kier alpha value is -1.58. The number of carbonyl (C=O) groups excluding carboxylic acids is 1. The van der Waals surface area contributed by atoms with Gasteiger partial charge in [-0.25, -0.2) is 0 Å². The van der Waals surface area contributed by atoms with Gasteiger partial charge in [-0.05, 0) is 61.5 Å². The maximum atomic E-state index is 12.5. The van der Waals surface area contributed by atoms with Crippen molar-refractivity contribution in [2.45, 2.75) is 32.1 Å². The van der Waals surface area contributed by atoms with E-state index in [0.29, 0.717) is 12.3 Å². The topological polar surface area (TPSA) is 32.3 Å². The third kappa shape index (κ3) is 5.45. The first-order valence-electron chi connectivity index (χ1n) is 9.16. The first kappa shape index (κ1) is 19.7. The summed E-state index contributed by atoms with van der Waals surface area (Å²) in [6.07, 6.45) is 5.01. The molecule has 2 aromatic rings. The zero-order valence-corrected chi connectivity index (χ0v) is 15.9. The second-order valence-electron chi connectivity index (χ2n) is 6.90. The van der Waals surface area contributed by atoms with E-state index in [1.807, 2.05) is 7.05 Å². The van der Waals surface area contributed by atoms with Crippen molar-refractivity contribution in [3.8, 4) is 0 Å². The lowest BCUT2D eigenvalue weighted by molar-refractivity contribution is -0.132. The molecule has 0 bridgehead atoms. The Morgan fingerprint density at radius 3 is 2.56 bits per heavy atom. The lowest BCUT2D eigenvalue weighted by Crippen LogP contribution is -2.39. The molecule has 0 unspecified atom stereocenters. The Balaban J connectivity index is 0.00000225. The van der Waals surface area contributed by atoms with E-state index in [2.05, 4.69) is 52.7 Å². The van der Waals surface area contributed by atoms with E-state index in [1.165, 1.54) is 22.8 Å². The predicted octanol–water partition coefficient (Wildman–Crippen LogP) is 4.04. The van der Waals surface area contributed by atoms with Crippen LogP contribution in [-0.2, 0) is 11.2 Å². The quantitative estimate of drug-likeness (QED) is 0.843. The highest BCUT2D eigenvalue weighted by molar-refractivity contribution is 5.85. The van der Waals surface area contributed by atoms with Crippen LogP contribution >= 0.6 is 12.4 Å². The van der Waals surface area contributed by atoms with Crippen molar-refractivity contribution in [3.63, 3.8) is 0 Å². The van der Waals surface area contributed by atoms with Gasteiger partial charge in [0.05, 0.1) is 0 Å². The molecule has 1 N–H and O–H groups in total. The zero-order valence-electron chi connectivity index (χ0n) is 15.0. The predicted molar refractivity (Wildman–Crippen MR) is 107 cm³/mol. The number of halogens is 1. The highest BCUT2D eigenvalue weighted by Crippen LogP contribution is 2.21. The molecule has 0 aliphatic carbocycles. The lowest BCUT2D eigenvalue weighted by atomic mass is 9.93. The largest absolute Gasteiger partial charge is 0.343 e. The number of hydrogen-bond donors (Lipinski definition) is 1. The number of amides is 1. The van der Waals surface area contributed by atoms with Crippen molar-refractivity contribution in [2.24, 2.45) is 5.92 Å². The molecule has 1 aliphatic rings. The number of hydrogen-bond acceptors (Lipinski definition) is 2. The third-order valence-corrected chi connectivity index (χ3v) is 5.21. The van der Waals surface area contributed by atoms with Gasteiger partial charge in [0.15, 0.2) is 0 Å². The summed E-state index contributed by atoms with van der Waals surface area (Å²) in [4.78, 5) is 14.5. The molecule has 0 saturated carbocycles. The lowest BCUT2D eigenvalue weighted by Gasteiger charge is -2.32. The molecule has 4 heteroatoms. The molecule has 25 heavy (non-hydrogen) atoms. The first-order chi connectivity index (χ1) is 11.8. The number of nitrogens with zero attached hydrogens (tertiary/aromatic N) is 1. The van der Waals surface area contributed by atoms with Gasteiger partial charge in [0.1, 0.15) is 0 Å². The number of carbonyl (C=O) groups is 1. The van der Waals surface area contributed by atoms with Gasteiger partial charge >= 0.3 is 0 Å². The third-order valence-electron chi connectivity index (χ3n) is 5.21. The molecule has 0 aromatic heterocycles. The molecule has 1 saturated heterocycles. The summed E-state index contributed by atoms with van der Waals surface area (Å²) in [5, 5.41) is 5.74. The maximum Gasteiger partial charge on any atom is 0.222 e. The van der Waals surface area contributed by atoms with E-state index in [9.17, 15) is 4.79 Å². The number of piperidine rings is 1. The van der Waals surface area contributed by atoms with Crippen molar-refractivity contribution in [1.82, 2.24) is 10.2 Å². The van der Waals surface area contributed by atoms with Crippen LogP contribution < -0.4 is 5.32 Å². The van der Waals surface area contributed by atoms with Gasteiger partial charge in [-0.3, -0.25) is 4.79 Å². The van der Waals surface area contributed by atoms with Crippen LogP contribution in [0.1, 0.15) is 31.2 Å². The fraction of sp³-hybridized carbons (Fsp3) is 0.476. The van der Waals surface area contributed by atoms with Gasteiger partial charge in [0.2, 0.25) is 5.91 Å². The van der Waals surface area contributed by atoms with E-state index in [1.54, 1.807) is 0 Å². The average Bonchev–Trinajstić information content (AvgIpc) is 2.64. The van der Waals surface area contributed by atoms with E-state index in [-0.39, 0.29) is 12.4 Å². The summed E-state index contributed by atoms with van der Waals surface area (Å²) in [5.41, 5.74) is 1.26. The van der Waals surface area contributed by atoms with Crippen LogP contribution in [0.4, 0.5) is 0 Å². The second-order valence-corrected chi connectivity index (χ2v) is 6.90. The van der Waals surface area contributed by atoms with Crippen LogP contribution in [0.15, 0.2) is 42.5 Å². The van der Waals surface area contributed by atoms with Gasteiger partial charge in [0.25, 0.3) is 0 Å². The average molecular weight is 361 g/mol. The molecule has 1 heterocycles. The van der Waals surface area contributed by atoms with Gasteiger partial charge in [-0.2, -0.15) is 0 Å². The summed E-state index contributed by atoms with van der Waals surface area (Å²) < 4.78 is 0. The Bertz CT molecular complexity index is 680. The normalized spacial score (nSPS) is 15.2. The van der Waals surface area contributed by atoms with Crippen LogP contribution in [0.3, 0.4) is 0 Å². The van der Waals surface area contributed by atoms with Gasteiger partial charge < -0.3 is 10.2 Å². The molecule has 1 amide bonds. The van der Waals surface area contributed by atoms with E-state index < -0.39 is 0 Å². The Labute approximate surface area is 157 Å². The number of benzene rings is 2. The molecular formula is C21H29ClN2O. The number of rotatable bonds is 6. The number of likely N-dealkylation sites (tertiary alicyclic amines) is 1. The molecule has 1 fully saturated rings. The molecule has 0 spiro atoms. The van der Waals surface area contributed by atoms with Crippen LogP contribution in [0.2, 0.25) is 0 Å². The Kier molecular flexibility index (Phi) is 7.73. The maximum absolute atomic E-state index is 12.5. The van der Waals surface area contributed by atoms with Crippen LogP contribution in [-0.4, -0.2) is 37.5 Å². The van der Waals surface area contributed by atoms with Crippen LogP contribution in [0.25, 0.3) is 10.8 Å². The summed E-state index contributed by atoms with van der Waals surface area (Å²) in [6, 6.07) is 14.9. The number of aryl methyl sites for hydroxylation is 1. The summed E-state index contributed by atoms with van der Waals surface area (Å²) in [6.45, 7) is 2.95. The highest BCUT2D eigenvalue weighted by Gasteiger charge is 2.22. The van der Waals surface area contributed by atoms with Gasteiger partial charge in [-0.1, -0.05) is 42.5 Å². The molecule has 1 aliphatic heterocycles. The summed E-state index contributed by atoms with van der Waals surface area (Å²) >= 11 is 0. The molecule has 2 aromatic carbocycles. The van der Waals surface area contributed by atoms with Crippen molar-refractivity contribution in [2.75, 3.05) is 26.7 Å². The second kappa shape index (κ2) is 9.79. The fourth-order valence-electron chi connectivity index (χ4n) is 3.62. The van der Waals surface area contributed by atoms with Crippen molar-refractivity contribution >= 4 is 29.1 Å². The fourth-order valence-corrected chi connectivity index (χ4v) is 3.62. The molecule has 0 radical (unpaired) electrons. The standard InChI is InChI=1S/C21H28N2O.ClH/c1-22-13-10-17-11-14-23(15-12-17)21(24)9-7-18-6-8-19-4-2-3-5-20(19)16-18;/h2-6,8,16-17,22H,7,9-15H2,1H3;1H. The van der Waals surface area contributed by atoms with Gasteiger partial charge in [-0.15, -0.1) is 12.4 Å². The van der Waals surface area contributed by atoms with Gasteiger partial charge in [0, 0.05) is 19.5 Å². The first-order valence-corrected chi connectivity index (χ1v) is 9.16. The minimum atomic E-state index is 0. The Morgan fingerprint density at radius 1 is 1.12 bits per heavy atom. The molecule has 0 atom stereocenters. The van der Waals surface area contributed by atoms with Crippen LogP contribution in [0.5, 0.6) is 0 Å². The summed E-state index contributed by atoms with van der Waals surface area (Å²) in [7, 11) is 2.01. The number of nitrogens with one attached hydrogen (secondary N) is 1. The zero-order chi connectivity index (χ0) is 16.8. The minimum absolute atomic E-state index is 0.